The standard InChI is InChI=1S/3C4H9O.3C2H5O.2Ti/c3*1-3-4(2)5;3*1-2-3;;/h3*4H,3H2,1-2H3;3*2H2,1H3;;/q6*-1;2*+3. The number of rotatable bonds is 15. The number of hydrogen-bond donors (Lipinski definition) is 0. The molecule has 0 aromatic carbocycles. The van der Waals surface area contributed by atoms with E-state index in [2.05, 4.69) is 41.5 Å². The average Bonchev–Trinajstić information content (AvgIpc) is 2.62. The molecule has 0 amide bonds. The van der Waals surface area contributed by atoms with Crippen LogP contribution in [0.1, 0.15) is 81.6 Å². The van der Waals surface area contributed by atoms with Crippen LogP contribution in [-0.4, -0.2) is 38.1 Å². The fraction of sp³-hybridized carbons (Fsp3) is 1.00. The van der Waals surface area contributed by atoms with Crippen LogP contribution in [0.4, 0.5) is 0 Å². The Morgan fingerprint density at radius 1 is 0.500 bits per heavy atom. The Morgan fingerprint density at radius 2 is 0.769 bits per heavy atom. The van der Waals surface area contributed by atoms with Gasteiger partial charge in [-0.2, -0.15) is 0 Å². The topological polar surface area (TPSA) is 55.4 Å². The molecule has 0 saturated heterocycles. The van der Waals surface area contributed by atoms with Gasteiger partial charge in [0.15, 0.2) is 0 Å². The first-order valence-electron chi connectivity index (χ1n) is 10.00. The second-order valence-electron chi connectivity index (χ2n) is 5.81. The van der Waals surface area contributed by atoms with E-state index in [1.165, 1.54) is 0 Å². The van der Waals surface area contributed by atoms with Crippen molar-refractivity contribution in [2.24, 2.45) is 0 Å². The fourth-order valence-corrected chi connectivity index (χ4v) is 5.38. The molecule has 0 aliphatic carbocycles. The van der Waals surface area contributed by atoms with Crippen molar-refractivity contribution < 1.29 is 58.0 Å². The van der Waals surface area contributed by atoms with Gasteiger partial charge in [-0.1, -0.05) is 0 Å². The third-order valence-electron chi connectivity index (χ3n) is 3.40. The molecule has 158 valence electrons. The van der Waals surface area contributed by atoms with Crippen LogP contribution in [0.2, 0.25) is 0 Å². The second-order valence-corrected chi connectivity index (χ2v) is 9.83. The van der Waals surface area contributed by atoms with Crippen LogP contribution < -0.4 is 0 Å². The normalized spacial score (nSPS) is 14.2. The molecule has 8 heteroatoms. The molecule has 0 saturated carbocycles. The van der Waals surface area contributed by atoms with E-state index >= 15 is 0 Å². The molecule has 0 fully saturated rings. The summed E-state index contributed by atoms with van der Waals surface area (Å²) in [4.78, 5) is 0. The molecular weight excluding hydrogens is 408 g/mol. The summed E-state index contributed by atoms with van der Waals surface area (Å²) in [5.74, 6) is 0. The maximum atomic E-state index is 5.87. The van der Waals surface area contributed by atoms with E-state index in [9.17, 15) is 0 Å². The van der Waals surface area contributed by atoms with Gasteiger partial charge >= 0.3 is 178 Å². The van der Waals surface area contributed by atoms with E-state index in [0.29, 0.717) is 19.8 Å². The Bertz CT molecular complexity index is 244. The van der Waals surface area contributed by atoms with Crippen molar-refractivity contribution in [1.82, 2.24) is 0 Å². The summed E-state index contributed by atoms with van der Waals surface area (Å²) in [5.41, 5.74) is 0. The van der Waals surface area contributed by atoms with Gasteiger partial charge in [0, 0.05) is 0 Å². The van der Waals surface area contributed by atoms with E-state index < -0.39 is 38.1 Å². The number of hydrogen-bond acceptors (Lipinski definition) is 6. The Morgan fingerprint density at radius 3 is 0.962 bits per heavy atom. The summed E-state index contributed by atoms with van der Waals surface area (Å²) < 4.78 is 33.3. The van der Waals surface area contributed by atoms with Crippen LogP contribution >= 0.6 is 0 Å². The Kier molecular flexibility index (Phi) is 23.6. The summed E-state index contributed by atoms with van der Waals surface area (Å²) >= 11 is -4.23. The monoisotopic (exact) mass is 450 g/mol. The summed E-state index contributed by atoms with van der Waals surface area (Å²) in [6.45, 7) is 20.5. The first kappa shape index (κ1) is 29.4. The van der Waals surface area contributed by atoms with Crippen molar-refractivity contribution in [3.8, 4) is 0 Å². The molecule has 0 rings (SSSR count). The second kappa shape index (κ2) is 20.9. The molecule has 26 heavy (non-hydrogen) atoms. The van der Waals surface area contributed by atoms with Crippen molar-refractivity contribution in [1.29, 1.82) is 0 Å². The summed E-state index contributed by atoms with van der Waals surface area (Å²) in [7, 11) is 0. The van der Waals surface area contributed by atoms with E-state index in [4.69, 9.17) is 19.9 Å². The van der Waals surface area contributed by atoms with Crippen LogP contribution in [0, 0.1) is 0 Å². The Hall–Kier alpha value is 1.19. The summed E-state index contributed by atoms with van der Waals surface area (Å²) in [5, 5.41) is 0. The van der Waals surface area contributed by atoms with Gasteiger partial charge in [-0.15, -0.1) is 0 Å². The predicted molar refractivity (Wildman–Crippen MR) is 97.4 cm³/mol. The minimum atomic E-state index is -2.25. The predicted octanol–water partition coefficient (Wildman–Crippen LogP) is 5.25. The van der Waals surface area contributed by atoms with Crippen LogP contribution in [0.15, 0.2) is 0 Å². The van der Waals surface area contributed by atoms with Gasteiger partial charge in [-0.25, -0.2) is 0 Å². The van der Waals surface area contributed by atoms with Crippen molar-refractivity contribution in [2.75, 3.05) is 19.8 Å². The molecule has 0 bridgehead atoms. The van der Waals surface area contributed by atoms with Gasteiger partial charge in [-0.05, 0) is 0 Å². The summed E-state index contributed by atoms with van der Waals surface area (Å²) in [6, 6.07) is 0. The van der Waals surface area contributed by atoms with Crippen molar-refractivity contribution in [3.05, 3.63) is 0 Å². The Balaban J connectivity index is 0. The van der Waals surface area contributed by atoms with Crippen molar-refractivity contribution >= 4 is 0 Å². The molecular formula is C18H42O6Ti2. The first-order valence-corrected chi connectivity index (χ1v) is 13.8. The molecule has 0 aromatic heterocycles. The fourth-order valence-electron chi connectivity index (χ4n) is 1.30. The van der Waals surface area contributed by atoms with Crippen LogP contribution in [-0.2, 0) is 58.0 Å². The average molecular weight is 450 g/mol. The molecule has 0 spiro atoms. The zero-order valence-corrected chi connectivity index (χ0v) is 21.5. The van der Waals surface area contributed by atoms with E-state index in [-0.39, 0.29) is 18.3 Å². The maximum absolute atomic E-state index is 5.87. The first-order chi connectivity index (χ1) is 12.4. The van der Waals surface area contributed by atoms with Crippen molar-refractivity contribution in [3.63, 3.8) is 0 Å². The van der Waals surface area contributed by atoms with Crippen molar-refractivity contribution in [2.45, 2.75) is 99.9 Å². The minimum absolute atomic E-state index is 0.239. The molecule has 3 unspecified atom stereocenters. The quantitative estimate of drug-likeness (QED) is 0.318. The molecule has 0 N–H and O–H groups in total. The van der Waals surface area contributed by atoms with Crippen LogP contribution in [0.5, 0.6) is 0 Å². The molecule has 6 nitrogen and oxygen atoms in total. The molecule has 3 atom stereocenters. The van der Waals surface area contributed by atoms with Gasteiger partial charge in [0.2, 0.25) is 0 Å². The SMILES string of the molecule is CCC(C)[O][Ti]([O]C(C)CC)[O]C(C)CC.CC[O][Ti]([O]CC)[O]CC. The zero-order valence-electron chi connectivity index (χ0n) is 18.4. The molecule has 0 aliphatic rings. The van der Waals surface area contributed by atoms with Gasteiger partial charge in [-0.3, -0.25) is 0 Å². The third kappa shape index (κ3) is 18.5. The van der Waals surface area contributed by atoms with E-state index in [1.807, 2.05) is 20.8 Å². The van der Waals surface area contributed by atoms with E-state index in [0.717, 1.165) is 19.3 Å². The van der Waals surface area contributed by atoms with Gasteiger partial charge in [0.25, 0.3) is 0 Å². The molecule has 0 aromatic rings. The van der Waals surface area contributed by atoms with Crippen LogP contribution in [0.3, 0.4) is 0 Å². The molecule has 0 radical (unpaired) electrons. The Labute approximate surface area is 177 Å². The molecule has 0 heterocycles. The third-order valence-corrected chi connectivity index (χ3v) is 8.65. The summed E-state index contributed by atoms with van der Waals surface area (Å²) in [6.07, 6.45) is 3.73. The van der Waals surface area contributed by atoms with E-state index in [1.54, 1.807) is 0 Å². The van der Waals surface area contributed by atoms with Gasteiger partial charge in [0.05, 0.1) is 0 Å². The zero-order chi connectivity index (χ0) is 20.4. The van der Waals surface area contributed by atoms with Gasteiger partial charge in [0.1, 0.15) is 0 Å². The van der Waals surface area contributed by atoms with Gasteiger partial charge < -0.3 is 0 Å². The van der Waals surface area contributed by atoms with Crippen LogP contribution in [0.25, 0.3) is 0 Å². The molecule has 0 aliphatic heterocycles.